The quantitative estimate of drug-likeness (QED) is 0.0302. The molecule has 2 nitrogen and oxygen atoms in total. The van der Waals surface area contributed by atoms with Gasteiger partial charge in [0.05, 0.1) is 6.08 Å². The Hall–Kier alpha value is -3.99. The average molecular weight is 628 g/mol. The molecule has 3 heteroatoms. The predicted molar refractivity (Wildman–Crippen MR) is 186 cm³/mol. The molecule has 0 fully saturated rings. The van der Waals surface area contributed by atoms with E-state index in [1.807, 2.05) is 66.7 Å². The standard InChI is InChI=1S/C27H34N2.2C7H7.Ni/c1-4-7-9-12-23-14-11-17-26(21-23)27(24(15-8-5-2)18-19-29-28)25-16-10-13-22(6-3)20-25;2*1-7-5-3-2-4-6-7;/h10-11,13-14,16-18,20-21H,4-9,12,15H2,1-3H3;2*2-6H,1H2;/q;2*-1;+2. The average Bonchev–Trinajstić information content (AvgIpc) is 3.04. The first-order valence-corrected chi connectivity index (χ1v) is 15.6. The van der Waals surface area contributed by atoms with Crippen LogP contribution in [0.5, 0.6) is 0 Å². The van der Waals surface area contributed by atoms with Crippen molar-refractivity contribution in [3.8, 4) is 0 Å². The smallest absolute Gasteiger partial charge is 0.348 e. The number of hydrogen-bond acceptors (Lipinski definition) is 0. The number of hydrogen-bond donors (Lipinski definition) is 0. The Morgan fingerprint density at radius 1 is 0.682 bits per heavy atom. The van der Waals surface area contributed by atoms with E-state index in [1.54, 1.807) is 0 Å². The van der Waals surface area contributed by atoms with Crippen LogP contribution in [-0.4, -0.2) is 10.7 Å². The van der Waals surface area contributed by atoms with Crippen LogP contribution in [0.25, 0.3) is 11.1 Å². The van der Waals surface area contributed by atoms with Crippen LogP contribution >= 0.6 is 0 Å². The maximum atomic E-state index is 8.97. The fourth-order valence-electron chi connectivity index (χ4n) is 4.65. The molecule has 0 amide bonds. The maximum absolute atomic E-state index is 8.97. The van der Waals surface area contributed by atoms with Crippen LogP contribution in [0.3, 0.4) is 0 Å². The molecular formula is C41H48N2Ni. The van der Waals surface area contributed by atoms with E-state index in [2.05, 4.69) is 93.8 Å². The van der Waals surface area contributed by atoms with Gasteiger partial charge in [0.25, 0.3) is 5.87 Å². The Morgan fingerprint density at radius 2 is 1.20 bits per heavy atom. The molecule has 0 heterocycles. The molecular weight excluding hydrogens is 579 g/mol. The summed E-state index contributed by atoms with van der Waals surface area (Å²) >= 11 is 0. The van der Waals surface area contributed by atoms with E-state index in [4.69, 9.17) is 5.53 Å². The van der Waals surface area contributed by atoms with Gasteiger partial charge in [-0.1, -0.05) is 101 Å². The number of rotatable bonds is 11. The molecule has 0 saturated heterocycles. The minimum atomic E-state index is 0. The SMILES string of the molecule is CCCCCc1cccc(C(=C(C=C=[N+]=[N-])CCCC)c2cccc(CC)c2)c1.[CH2-]c1ccccc1.[CH2-]c1ccccc1.[Ni+2]. The van der Waals surface area contributed by atoms with Crippen molar-refractivity contribution in [3.05, 3.63) is 174 Å². The van der Waals surface area contributed by atoms with Crippen LogP contribution in [0.2, 0.25) is 0 Å². The first-order valence-electron chi connectivity index (χ1n) is 15.6. The van der Waals surface area contributed by atoms with Crippen LogP contribution in [0.4, 0.5) is 0 Å². The molecule has 0 saturated carbocycles. The van der Waals surface area contributed by atoms with Crippen LogP contribution in [0.15, 0.2) is 121 Å². The third-order valence-electron chi connectivity index (χ3n) is 7.01. The van der Waals surface area contributed by atoms with E-state index in [1.165, 1.54) is 52.7 Å². The zero-order chi connectivity index (χ0) is 31.1. The van der Waals surface area contributed by atoms with Gasteiger partial charge in [-0.25, -0.2) is 0 Å². The Bertz CT molecular complexity index is 1410. The summed E-state index contributed by atoms with van der Waals surface area (Å²) in [7, 11) is 0. The Labute approximate surface area is 277 Å². The molecule has 4 rings (SSSR count). The van der Waals surface area contributed by atoms with Crippen LogP contribution < -0.4 is 0 Å². The topological polar surface area (TPSA) is 36.4 Å². The van der Waals surface area contributed by atoms with Gasteiger partial charge in [0, 0.05) is 0 Å². The van der Waals surface area contributed by atoms with Crippen molar-refractivity contribution in [1.82, 2.24) is 0 Å². The first-order chi connectivity index (χ1) is 21.0. The molecule has 0 aliphatic rings. The zero-order valence-electron chi connectivity index (χ0n) is 26.8. The molecule has 4 aromatic rings. The van der Waals surface area contributed by atoms with Gasteiger partial charge in [0.15, 0.2) is 0 Å². The van der Waals surface area contributed by atoms with Crippen molar-refractivity contribution < 1.29 is 21.3 Å². The number of aryl methyl sites for hydroxylation is 2. The Kier molecular flexibility index (Phi) is 20.3. The summed E-state index contributed by atoms with van der Waals surface area (Å²) in [6.45, 7) is 14.1. The van der Waals surface area contributed by atoms with Gasteiger partial charge in [-0.2, -0.15) is 49.2 Å². The predicted octanol–water partition coefficient (Wildman–Crippen LogP) is 11.2. The van der Waals surface area contributed by atoms with E-state index >= 15 is 0 Å². The molecule has 0 bridgehead atoms. The van der Waals surface area contributed by atoms with Crippen molar-refractivity contribution >= 4 is 11.4 Å². The van der Waals surface area contributed by atoms with Crippen LogP contribution in [-0.2, 0) is 29.3 Å². The monoisotopic (exact) mass is 626 g/mol. The number of allylic oxidation sites excluding steroid dienone is 2. The second-order valence-corrected chi connectivity index (χ2v) is 10.6. The van der Waals surface area contributed by atoms with Gasteiger partial charge in [0.2, 0.25) is 0 Å². The molecule has 0 spiro atoms. The van der Waals surface area contributed by atoms with E-state index in [-0.39, 0.29) is 16.5 Å². The molecule has 0 aliphatic heterocycles. The molecule has 0 radical (unpaired) electrons. The van der Waals surface area contributed by atoms with Gasteiger partial charge in [-0.3, -0.25) is 0 Å². The molecule has 0 aliphatic carbocycles. The molecule has 0 aromatic heterocycles. The van der Waals surface area contributed by atoms with Crippen molar-refractivity contribution in [2.45, 2.75) is 72.1 Å². The van der Waals surface area contributed by atoms with E-state index < -0.39 is 0 Å². The summed E-state index contributed by atoms with van der Waals surface area (Å²) in [5.41, 5.74) is 18.7. The maximum Gasteiger partial charge on any atom is 2.00 e. The minimum absolute atomic E-state index is 0. The van der Waals surface area contributed by atoms with Gasteiger partial charge < -0.3 is 5.53 Å². The molecule has 0 unspecified atom stereocenters. The second kappa shape index (κ2) is 23.5. The third kappa shape index (κ3) is 15.0. The third-order valence-corrected chi connectivity index (χ3v) is 7.01. The Morgan fingerprint density at radius 3 is 1.66 bits per heavy atom. The zero-order valence-corrected chi connectivity index (χ0v) is 27.7. The van der Waals surface area contributed by atoms with Gasteiger partial charge >= 0.3 is 16.5 Å². The molecule has 4 aromatic carbocycles. The fraction of sp³-hybridized carbons (Fsp3) is 0.268. The minimum Gasteiger partial charge on any atom is -0.348 e. The summed E-state index contributed by atoms with van der Waals surface area (Å²) in [6.07, 6.45) is 10.8. The summed E-state index contributed by atoms with van der Waals surface area (Å²) in [5, 5.41) is 0. The number of benzene rings is 4. The molecule has 232 valence electrons. The van der Waals surface area contributed by atoms with E-state index in [0.29, 0.717) is 0 Å². The van der Waals surface area contributed by atoms with Crippen molar-refractivity contribution in [1.29, 1.82) is 0 Å². The summed E-state index contributed by atoms with van der Waals surface area (Å²) in [6, 6.07) is 37.5. The van der Waals surface area contributed by atoms with Crippen LogP contribution in [0, 0.1) is 13.8 Å². The van der Waals surface area contributed by atoms with Crippen molar-refractivity contribution in [3.63, 3.8) is 0 Å². The van der Waals surface area contributed by atoms with E-state index in [0.717, 1.165) is 43.2 Å². The second-order valence-electron chi connectivity index (χ2n) is 10.6. The fourth-order valence-corrected chi connectivity index (χ4v) is 4.65. The molecule has 44 heavy (non-hydrogen) atoms. The van der Waals surface area contributed by atoms with Crippen molar-refractivity contribution in [2.75, 3.05) is 0 Å². The first kappa shape index (κ1) is 38.0. The summed E-state index contributed by atoms with van der Waals surface area (Å²) < 4.78 is 0. The van der Waals surface area contributed by atoms with E-state index in [9.17, 15) is 0 Å². The molecule has 0 N–H and O–H groups in total. The largest absolute Gasteiger partial charge is 2.00 e. The summed E-state index contributed by atoms with van der Waals surface area (Å²) in [4.78, 5) is 3.11. The number of unbranched alkanes of at least 4 members (excludes halogenated alkanes) is 3. The van der Waals surface area contributed by atoms with Crippen LogP contribution in [0.1, 0.15) is 92.7 Å². The summed E-state index contributed by atoms with van der Waals surface area (Å²) in [5.74, 6) is 2.66. The molecule has 0 atom stereocenters. The Balaban J connectivity index is 0.000000523. The number of nitrogens with zero attached hydrogens (tertiary/aromatic N) is 2. The van der Waals surface area contributed by atoms with Crippen molar-refractivity contribution in [2.24, 2.45) is 0 Å². The van der Waals surface area contributed by atoms with Gasteiger partial charge in [-0.05, 0) is 65.5 Å². The van der Waals surface area contributed by atoms with Gasteiger partial charge in [-0.15, -0.1) is 29.1 Å². The van der Waals surface area contributed by atoms with Gasteiger partial charge in [0.1, 0.15) is 0 Å². The normalized spacial score (nSPS) is 10.2.